The number of aromatic hydroxyl groups is 1. The molecule has 0 aliphatic heterocycles. The Hall–Kier alpha value is -4.27. The SMILES string of the molecule is O=C(N=[N+]=Nc1ccc(-n2nc(C(F)(F)F)cc2-c2ccccc2)cc1)c1cc(Cl)ccc1O. The van der Waals surface area contributed by atoms with Gasteiger partial charge in [0.15, 0.2) is 16.5 Å². The van der Waals surface area contributed by atoms with E-state index in [0.29, 0.717) is 16.9 Å². The number of hydrogen-bond acceptors (Lipinski definition) is 4. The number of rotatable bonds is 4. The largest absolute Gasteiger partial charge is 0.507 e. The summed E-state index contributed by atoms with van der Waals surface area (Å²) < 4.78 is 41.1. The van der Waals surface area contributed by atoms with Gasteiger partial charge in [-0.25, -0.2) is 4.68 Å². The Morgan fingerprint density at radius 3 is 2.38 bits per heavy atom. The van der Waals surface area contributed by atoms with E-state index in [1.54, 1.807) is 30.3 Å². The number of halogens is 4. The molecular weight excluding hydrogens is 471 g/mol. The number of alkyl halides is 3. The first-order valence-electron chi connectivity index (χ1n) is 9.70. The Morgan fingerprint density at radius 2 is 1.71 bits per heavy atom. The molecule has 0 fully saturated rings. The fourth-order valence-corrected chi connectivity index (χ4v) is 3.21. The predicted molar refractivity (Wildman–Crippen MR) is 118 cm³/mol. The van der Waals surface area contributed by atoms with Gasteiger partial charge in [0.2, 0.25) is 10.0 Å². The first-order valence-corrected chi connectivity index (χ1v) is 10.1. The molecule has 1 N–H and O–H groups in total. The minimum atomic E-state index is -4.60. The average molecular weight is 485 g/mol. The van der Waals surface area contributed by atoms with E-state index in [1.807, 2.05) is 0 Å². The molecule has 7 nitrogen and oxygen atoms in total. The monoisotopic (exact) mass is 484 g/mol. The van der Waals surface area contributed by atoms with Gasteiger partial charge >= 0.3 is 12.1 Å². The van der Waals surface area contributed by atoms with Gasteiger partial charge in [0.05, 0.1) is 16.9 Å². The third kappa shape index (κ3) is 5.03. The average Bonchev–Trinajstić information content (AvgIpc) is 3.28. The zero-order valence-corrected chi connectivity index (χ0v) is 17.9. The van der Waals surface area contributed by atoms with Crippen LogP contribution in [0.5, 0.6) is 5.75 Å². The standard InChI is InChI=1S/C23H13ClF3N5O2/c24-15-6-11-20(33)18(12-15)22(34)29-31-28-16-7-9-17(10-8-16)32-19(14-4-2-1-3-5-14)13-21(30-32)23(25,26)27/h1-13H/p+1. The smallest absolute Gasteiger partial charge is 0.435 e. The van der Waals surface area contributed by atoms with Crippen molar-refractivity contribution >= 4 is 23.2 Å². The molecule has 34 heavy (non-hydrogen) atoms. The Kier molecular flexibility index (Phi) is 6.27. The van der Waals surface area contributed by atoms with Crippen LogP contribution in [0.15, 0.2) is 89.1 Å². The van der Waals surface area contributed by atoms with E-state index in [1.165, 1.54) is 47.1 Å². The van der Waals surface area contributed by atoms with Crippen molar-refractivity contribution in [1.82, 2.24) is 14.7 Å². The van der Waals surface area contributed by atoms with Crippen LogP contribution in [-0.2, 0) is 6.18 Å². The number of phenols is 1. The fraction of sp³-hybridized carbons (Fsp3) is 0.0435. The third-order valence-corrected chi connectivity index (χ3v) is 4.88. The molecule has 4 aromatic rings. The van der Waals surface area contributed by atoms with Crippen LogP contribution < -0.4 is 4.91 Å². The van der Waals surface area contributed by atoms with Gasteiger partial charge in [-0.3, -0.25) is 4.79 Å². The maximum Gasteiger partial charge on any atom is 0.435 e. The number of carbonyl (C=O) groups is 1. The molecule has 0 saturated heterocycles. The van der Waals surface area contributed by atoms with Gasteiger partial charge < -0.3 is 5.11 Å². The molecule has 1 aromatic heterocycles. The zero-order valence-electron chi connectivity index (χ0n) is 17.1. The van der Waals surface area contributed by atoms with Gasteiger partial charge in [0.25, 0.3) is 0 Å². The summed E-state index contributed by atoms with van der Waals surface area (Å²) in [7, 11) is 0. The lowest BCUT2D eigenvalue weighted by Crippen LogP contribution is -2.07. The van der Waals surface area contributed by atoms with Gasteiger partial charge in [-0.1, -0.05) is 41.9 Å². The number of hydrogen-bond donors (Lipinski definition) is 1. The lowest BCUT2D eigenvalue weighted by Gasteiger charge is -2.07. The van der Waals surface area contributed by atoms with Crippen molar-refractivity contribution in [3.63, 3.8) is 0 Å². The zero-order chi connectivity index (χ0) is 24.3. The van der Waals surface area contributed by atoms with Crippen molar-refractivity contribution in [3.8, 4) is 22.7 Å². The molecule has 0 spiro atoms. The highest BCUT2D eigenvalue weighted by Crippen LogP contribution is 2.33. The van der Waals surface area contributed by atoms with Crippen LogP contribution in [0.2, 0.25) is 5.02 Å². The predicted octanol–water partition coefficient (Wildman–Crippen LogP) is 6.36. The van der Waals surface area contributed by atoms with E-state index in [-0.39, 0.29) is 22.0 Å². The summed E-state index contributed by atoms with van der Waals surface area (Å²) in [6.07, 6.45) is -4.60. The quantitative estimate of drug-likeness (QED) is 0.270. The molecule has 3 aromatic carbocycles. The summed E-state index contributed by atoms with van der Waals surface area (Å²) in [5.74, 6) is -1.14. The fourth-order valence-electron chi connectivity index (χ4n) is 3.04. The Labute approximate surface area is 195 Å². The highest BCUT2D eigenvalue weighted by atomic mass is 35.5. The molecule has 0 atom stereocenters. The molecule has 1 amide bonds. The number of carbonyl (C=O) groups excluding carboxylic acids is 1. The molecule has 0 aliphatic rings. The van der Waals surface area contributed by atoms with Crippen LogP contribution >= 0.6 is 11.6 Å². The van der Waals surface area contributed by atoms with Crippen LogP contribution in [0, 0.1) is 0 Å². The number of aromatic nitrogens is 2. The van der Waals surface area contributed by atoms with E-state index in [9.17, 15) is 23.1 Å². The van der Waals surface area contributed by atoms with E-state index >= 15 is 0 Å². The molecule has 11 heteroatoms. The summed E-state index contributed by atoms with van der Waals surface area (Å²) in [6.45, 7) is 0. The molecule has 0 aliphatic carbocycles. The van der Waals surface area contributed by atoms with E-state index in [0.717, 1.165) is 6.07 Å². The summed E-state index contributed by atoms with van der Waals surface area (Å²) in [5.41, 5.74) is 0.344. The Balaban J connectivity index is 1.62. The van der Waals surface area contributed by atoms with Crippen molar-refractivity contribution < 1.29 is 23.1 Å². The lowest BCUT2D eigenvalue weighted by molar-refractivity contribution is -0.141. The molecular formula is C23H14ClF3N5O2+. The highest BCUT2D eigenvalue weighted by molar-refractivity contribution is 6.31. The molecule has 0 bridgehead atoms. The first kappa shape index (κ1) is 22.9. The Morgan fingerprint density at radius 1 is 1.00 bits per heavy atom. The topological polar surface area (TPSA) is 93.9 Å². The van der Waals surface area contributed by atoms with Crippen molar-refractivity contribution in [2.45, 2.75) is 6.18 Å². The van der Waals surface area contributed by atoms with Crippen LogP contribution in [0.1, 0.15) is 16.1 Å². The Bertz CT molecular complexity index is 1410. The van der Waals surface area contributed by atoms with Gasteiger partial charge in [-0.2, -0.15) is 18.3 Å². The maximum absolute atomic E-state index is 13.3. The van der Waals surface area contributed by atoms with Crippen molar-refractivity contribution in [3.05, 3.63) is 95.1 Å². The normalized spacial score (nSPS) is 11.1. The van der Waals surface area contributed by atoms with Gasteiger partial charge in [0.1, 0.15) is 5.75 Å². The second-order valence-electron chi connectivity index (χ2n) is 6.96. The van der Waals surface area contributed by atoms with Gasteiger partial charge in [-0.05, 0) is 48.5 Å². The van der Waals surface area contributed by atoms with E-state index < -0.39 is 17.8 Å². The van der Waals surface area contributed by atoms with Gasteiger partial charge in [0, 0.05) is 10.6 Å². The van der Waals surface area contributed by atoms with E-state index in [2.05, 4.69) is 20.2 Å². The number of amides is 1. The third-order valence-electron chi connectivity index (χ3n) is 4.65. The highest BCUT2D eigenvalue weighted by Gasteiger charge is 2.35. The first-order chi connectivity index (χ1) is 16.2. The summed E-state index contributed by atoms with van der Waals surface area (Å²) in [5, 5.41) is 20.9. The molecule has 1 heterocycles. The van der Waals surface area contributed by atoms with E-state index in [4.69, 9.17) is 11.6 Å². The van der Waals surface area contributed by atoms with Crippen LogP contribution in [0.25, 0.3) is 16.9 Å². The van der Waals surface area contributed by atoms with Crippen molar-refractivity contribution in [2.75, 3.05) is 0 Å². The molecule has 0 radical (unpaired) electrons. The minimum absolute atomic E-state index is 0.130. The summed E-state index contributed by atoms with van der Waals surface area (Å²) in [4.78, 5) is 15.5. The number of nitrogens with zero attached hydrogens (tertiary/aromatic N) is 5. The molecule has 0 saturated carbocycles. The minimum Gasteiger partial charge on any atom is -0.507 e. The van der Waals surface area contributed by atoms with Crippen LogP contribution in [-0.4, -0.2) is 20.8 Å². The lowest BCUT2D eigenvalue weighted by atomic mass is 10.1. The molecule has 0 unspecified atom stereocenters. The van der Waals surface area contributed by atoms with Gasteiger partial charge in [-0.15, -0.1) is 0 Å². The summed E-state index contributed by atoms with van der Waals surface area (Å²) >= 11 is 5.80. The number of phenolic OH excluding ortho intramolecular Hbond substituents is 1. The second kappa shape index (κ2) is 9.30. The van der Waals surface area contributed by atoms with Crippen LogP contribution in [0.3, 0.4) is 0 Å². The summed E-state index contributed by atoms with van der Waals surface area (Å²) in [6, 6.07) is 19.5. The van der Waals surface area contributed by atoms with Crippen molar-refractivity contribution in [1.29, 1.82) is 0 Å². The van der Waals surface area contributed by atoms with Crippen LogP contribution in [0.4, 0.5) is 18.9 Å². The molecule has 4 rings (SSSR count). The number of benzene rings is 3. The second-order valence-corrected chi connectivity index (χ2v) is 7.40. The van der Waals surface area contributed by atoms with Crippen molar-refractivity contribution in [2.24, 2.45) is 10.2 Å². The molecule has 170 valence electrons. The maximum atomic E-state index is 13.3.